The highest BCUT2D eigenvalue weighted by atomic mass is 16.3. The molecule has 8 atom stereocenters. The van der Waals surface area contributed by atoms with E-state index < -0.39 is 0 Å². The zero-order valence-corrected chi connectivity index (χ0v) is 14.4. The van der Waals surface area contributed by atoms with E-state index in [0.717, 1.165) is 31.1 Å². The largest absolute Gasteiger partial charge is 0.393 e. The Morgan fingerprint density at radius 2 is 1.86 bits per heavy atom. The summed E-state index contributed by atoms with van der Waals surface area (Å²) >= 11 is 0. The van der Waals surface area contributed by atoms with Gasteiger partial charge in [-0.3, -0.25) is 0 Å². The van der Waals surface area contributed by atoms with Gasteiger partial charge in [-0.25, -0.2) is 0 Å². The van der Waals surface area contributed by atoms with Gasteiger partial charge < -0.3 is 10.2 Å². The van der Waals surface area contributed by atoms with Crippen molar-refractivity contribution in [2.24, 2.45) is 34.5 Å². The van der Waals surface area contributed by atoms with Gasteiger partial charge in [-0.05, 0) is 79.4 Å². The summed E-state index contributed by atoms with van der Waals surface area (Å²) in [6, 6.07) is 0. The van der Waals surface area contributed by atoms with E-state index in [0.29, 0.717) is 17.3 Å². The maximum absolute atomic E-state index is 10.7. The first-order valence-corrected chi connectivity index (χ1v) is 9.42. The molecule has 0 saturated heterocycles. The predicted molar refractivity (Wildman–Crippen MR) is 88.3 cm³/mol. The van der Waals surface area contributed by atoms with Crippen LogP contribution in [0.2, 0.25) is 0 Å². The maximum Gasteiger partial charge on any atom is 0.0622 e. The van der Waals surface area contributed by atoms with Crippen LogP contribution in [0.1, 0.15) is 65.7 Å². The zero-order chi connectivity index (χ0) is 15.7. The summed E-state index contributed by atoms with van der Waals surface area (Å²) in [4.78, 5) is 0. The minimum Gasteiger partial charge on any atom is -0.393 e. The van der Waals surface area contributed by atoms with Crippen LogP contribution in [0.3, 0.4) is 0 Å². The van der Waals surface area contributed by atoms with Crippen LogP contribution in [0.25, 0.3) is 0 Å². The Kier molecular flexibility index (Phi) is 3.34. The monoisotopic (exact) mass is 304 g/mol. The van der Waals surface area contributed by atoms with Crippen molar-refractivity contribution in [3.63, 3.8) is 0 Å². The number of fused-ring (bicyclic) bond motifs is 5. The molecule has 22 heavy (non-hydrogen) atoms. The van der Waals surface area contributed by atoms with Crippen LogP contribution in [0.4, 0.5) is 0 Å². The van der Waals surface area contributed by atoms with E-state index in [1.165, 1.54) is 25.7 Å². The van der Waals surface area contributed by atoms with Crippen molar-refractivity contribution in [2.75, 3.05) is 0 Å². The lowest BCUT2D eigenvalue weighted by Gasteiger charge is -2.57. The lowest BCUT2D eigenvalue weighted by molar-refractivity contribution is -0.0744. The molecule has 0 spiro atoms. The molecule has 0 aliphatic heterocycles. The number of aliphatic hydroxyl groups is 2. The fourth-order valence-electron chi connectivity index (χ4n) is 6.98. The number of hydrogen-bond donors (Lipinski definition) is 2. The number of rotatable bonds is 0. The van der Waals surface area contributed by atoms with E-state index in [9.17, 15) is 10.2 Å². The van der Waals surface area contributed by atoms with E-state index in [1.54, 1.807) is 5.57 Å². The molecule has 124 valence electrons. The minimum absolute atomic E-state index is 0.107. The average molecular weight is 304 g/mol. The Labute approximate surface area is 135 Å². The van der Waals surface area contributed by atoms with Crippen molar-refractivity contribution in [2.45, 2.75) is 77.9 Å². The molecule has 0 aromatic rings. The molecule has 0 radical (unpaired) electrons. The van der Waals surface area contributed by atoms with Crippen molar-refractivity contribution in [3.8, 4) is 0 Å². The predicted octanol–water partition coefficient (Wildman–Crippen LogP) is 3.92. The maximum atomic E-state index is 10.7. The van der Waals surface area contributed by atoms with Gasteiger partial charge in [-0.2, -0.15) is 0 Å². The summed E-state index contributed by atoms with van der Waals surface area (Å²) < 4.78 is 0. The topological polar surface area (TPSA) is 40.5 Å². The SMILES string of the molecule is C[C@H]1CC2C3CC=C4C[C@@H](O)CC[C@]4(C)C3CC[C@]2(C)[C@H]1O. The van der Waals surface area contributed by atoms with Crippen LogP contribution in [0.15, 0.2) is 11.6 Å². The van der Waals surface area contributed by atoms with Crippen molar-refractivity contribution in [3.05, 3.63) is 11.6 Å². The van der Waals surface area contributed by atoms with Gasteiger partial charge in [0.25, 0.3) is 0 Å². The van der Waals surface area contributed by atoms with E-state index in [4.69, 9.17) is 0 Å². The highest BCUT2D eigenvalue weighted by Gasteiger charge is 2.59. The Morgan fingerprint density at radius 3 is 2.64 bits per heavy atom. The van der Waals surface area contributed by atoms with E-state index in [-0.39, 0.29) is 17.6 Å². The summed E-state index contributed by atoms with van der Waals surface area (Å²) in [6.45, 7) is 7.07. The molecule has 2 N–H and O–H groups in total. The van der Waals surface area contributed by atoms with Crippen LogP contribution in [0.5, 0.6) is 0 Å². The van der Waals surface area contributed by atoms with Crippen LogP contribution >= 0.6 is 0 Å². The van der Waals surface area contributed by atoms with E-state index >= 15 is 0 Å². The molecule has 4 aliphatic carbocycles. The second-order valence-electron chi connectivity index (χ2n) is 9.36. The van der Waals surface area contributed by atoms with E-state index in [1.807, 2.05) is 0 Å². The smallest absolute Gasteiger partial charge is 0.0622 e. The minimum atomic E-state index is -0.113. The molecule has 3 unspecified atom stereocenters. The van der Waals surface area contributed by atoms with Crippen LogP contribution in [0, 0.1) is 34.5 Å². The molecule has 3 fully saturated rings. The Morgan fingerprint density at radius 1 is 1.09 bits per heavy atom. The first-order chi connectivity index (χ1) is 10.4. The first kappa shape index (κ1) is 15.2. The van der Waals surface area contributed by atoms with Gasteiger partial charge in [0, 0.05) is 0 Å². The highest BCUT2D eigenvalue weighted by Crippen LogP contribution is 2.65. The van der Waals surface area contributed by atoms with Crippen LogP contribution < -0.4 is 0 Å². The molecule has 4 rings (SSSR count). The van der Waals surface area contributed by atoms with Crippen LogP contribution in [-0.4, -0.2) is 22.4 Å². The van der Waals surface area contributed by atoms with Crippen molar-refractivity contribution < 1.29 is 10.2 Å². The molecule has 0 amide bonds. The third-order valence-corrected chi connectivity index (χ3v) is 8.36. The molecule has 0 bridgehead atoms. The van der Waals surface area contributed by atoms with Gasteiger partial charge in [-0.1, -0.05) is 32.4 Å². The summed E-state index contributed by atoms with van der Waals surface area (Å²) in [5.74, 6) is 2.68. The molecule has 2 heteroatoms. The second kappa shape index (κ2) is 4.83. The zero-order valence-electron chi connectivity index (χ0n) is 14.4. The molecular weight excluding hydrogens is 272 g/mol. The molecule has 4 aliphatic rings. The Hall–Kier alpha value is -0.340. The Balaban J connectivity index is 1.68. The number of allylic oxidation sites excluding steroid dienone is 1. The molecule has 0 heterocycles. The Bertz CT molecular complexity index is 498. The van der Waals surface area contributed by atoms with Crippen molar-refractivity contribution in [1.29, 1.82) is 0 Å². The van der Waals surface area contributed by atoms with Crippen molar-refractivity contribution >= 4 is 0 Å². The first-order valence-electron chi connectivity index (χ1n) is 9.42. The molecule has 3 saturated carbocycles. The molecule has 2 nitrogen and oxygen atoms in total. The van der Waals surface area contributed by atoms with Gasteiger partial charge in [0.1, 0.15) is 0 Å². The standard InChI is InChI=1S/C20H32O2/c1-12-10-17-15-5-4-13-11-14(21)6-8-19(13,2)16(15)7-9-20(17,3)18(12)22/h4,12,14-18,21-22H,5-11H2,1-3H3/t12-,14-,15?,16?,17?,18-,19-,20-/m0/s1. The molecule has 0 aromatic carbocycles. The van der Waals surface area contributed by atoms with Gasteiger partial charge >= 0.3 is 0 Å². The van der Waals surface area contributed by atoms with Gasteiger partial charge in [0.05, 0.1) is 12.2 Å². The number of hydrogen-bond acceptors (Lipinski definition) is 2. The number of aliphatic hydroxyl groups excluding tert-OH is 2. The third-order valence-electron chi connectivity index (χ3n) is 8.36. The molecular formula is C20H32O2. The summed E-state index contributed by atoms with van der Waals surface area (Å²) in [5, 5.41) is 20.8. The fraction of sp³-hybridized carbons (Fsp3) is 0.900. The summed E-state index contributed by atoms with van der Waals surface area (Å²) in [6.07, 6.45) is 10.1. The lowest BCUT2D eigenvalue weighted by atomic mass is 9.48. The average Bonchev–Trinajstić information content (AvgIpc) is 2.72. The van der Waals surface area contributed by atoms with Crippen LogP contribution in [-0.2, 0) is 0 Å². The normalized spacial score (nSPS) is 57.6. The molecule has 0 aromatic heterocycles. The van der Waals surface area contributed by atoms with Gasteiger partial charge in [0.2, 0.25) is 0 Å². The summed E-state index contributed by atoms with van der Waals surface area (Å²) in [5.41, 5.74) is 2.01. The highest BCUT2D eigenvalue weighted by molar-refractivity contribution is 5.25. The lowest BCUT2D eigenvalue weighted by Crippen LogP contribution is -2.51. The fourth-order valence-corrected chi connectivity index (χ4v) is 6.98. The second-order valence-corrected chi connectivity index (χ2v) is 9.36. The third kappa shape index (κ3) is 1.86. The van der Waals surface area contributed by atoms with Crippen molar-refractivity contribution in [1.82, 2.24) is 0 Å². The van der Waals surface area contributed by atoms with Gasteiger partial charge in [0.15, 0.2) is 0 Å². The summed E-state index contributed by atoms with van der Waals surface area (Å²) in [7, 11) is 0. The van der Waals surface area contributed by atoms with Gasteiger partial charge in [-0.15, -0.1) is 0 Å². The van der Waals surface area contributed by atoms with E-state index in [2.05, 4.69) is 26.8 Å². The quantitative estimate of drug-likeness (QED) is 0.666.